The van der Waals surface area contributed by atoms with Crippen LogP contribution in [0.4, 0.5) is 14.9 Å². The van der Waals surface area contributed by atoms with Crippen molar-refractivity contribution in [2.75, 3.05) is 37.2 Å². The van der Waals surface area contributed by atoms with Crippen LogP contribution < -0.4 is 10.6 Å². The number of hydrogen-bond acceptors (Lipinski definition) is 5. The molecule has 2 heterocycles. The van der Waals surface area contributed by atoms with Crippen LogP contribution in [0.3, 0.4) is 0 Å². The van der Waals surface area contributed by atoms with Gasteiger partial charge in [-0.05, 0) is 49.2 Å². The number of sulfonamides is 1. The first-order valence-corrected chi connectivity index (χ1v) is 11.8. The molecular weight excluding hydrogens is 421 g/mol. The number of halogens is 1. The SMILES string of the molecule is CCS(=O)(=O)N1CCN(Cc2cc(F)cc(CNC(=O)Nc3ccc(C)nc3)c2)CC1. The topological polar surface area (TPSA) is 94.6 Å². The molecule has 1 aromatic heterocycles. The Kier molecular flexibility index (Phi) is 7.58. The van der Waals surface area contributed by atoms with E-state index in [1.165, 1.54) is 16.4 Å². The number of hydrogen-bond donors (Lipinski definition) is 2. The van der Waals surface area contributed by atoms with Gasteiger partial charge in [-0.3, -0.25) is 9.88 Å². The fourth-order valence-corrected chi connectivity index (χ4v) is 4.50. The maximum absolute atomic E-state index is 14.1. The number of benzene rings is 1. The predicted molar refractivity (Wildman–Crippen MR) is 118 cm³/mol. The predicted octanol–water partition coefficient (Wildman–Crippen LogP) is 2.32. The quantitative estimate of drug-likeness (QED) is 0.677. The molecule has 8 nitrogen and oxygen atoms in total. The van der Waals surface area contributed by atoms with Gasteiger partial charge in [0.2, 0.25) is 10.0 Å². The summed E-state index contributed by atoms with van der Waals surface area (Å²) in [5, 5.41) is 5.40. The van der Waals surface area contributed by atoms with Crippen LogP contribution >= 0.6 is 0 Å². The lowest BCUT2D eigenvalue weighted by Crippen LogP contribution is -2.48. The number of carbonyl (C=O) groups excluding carboxylic acids is 1. The van der Waals surface area contributed by atoms with Gasteiger partial charge in [-0.2, -0.15) is 4.31 Å². The first kappa shape index (κ1) is 23.1. The fraction of sp³-hybridized carbons (Fsp3) is 0.429. The third-order valence-electron chi connectivity index (χ3n) is 5.14. The molecule has 0 unspecified atom stereocenters. The summed E-state index contributed by atoms with van der Waals surface area (Å²) in [4.78, 5) is 18.3. The summed E-state index contributed by atoms with van der Waals surface area (Å²) in [7, 11) is -3.17. The number of carbonyl (C=O) groups is 1. The molecule has 1 aliphatic rings. The van der Waals surface area contributed by atoms with Crippen LogP contribution in [-0.2, 0) is 23.1 Å². The van der Waals surface area contributed by atoms with Crippen molar-refractivity contribution in [3.05, 3.63) is 59.2 Å². The summed E-state index contributed by atoms with van der Waals surface area (Å²) in [6.07, 6.45) is 1.57. The molecule has 0 radical (unpaired) electrons. The molecular formula is C21H28FN5O3S. The first-order chi connectivity index (χ1) is 14.7. The molecule has 0 spiro atoms. The Balaban J connectivity index is 1.53. The van der Waals surface area contributed by atoms with Gasteiger partial charge in [0.15, 0.2) is 0 Å². The van der Waals surface area contributed by atoms with Gasteiger partial charge in [-0.1, -0.05) is 6.07 Å². The van der Waals surface area contributed by atoms with Crippen molar-refractivity contribution in [1.29, 1.82) is 0 Å². The zero-order valence-electron chi connectivity index (χ0n) is 17.8. The van der Waals surface area contributed by atoms with Crippen LogP contribution in [0, 0.1) is 12.7 Å². The molecule has 3 rings (SSSR count). The van der Waals surface area contributed by atoms with Crippen LogP contribution in [0.25, 0.3) is 0 Å². The highest BCUT2D eigenvalue weighted by Gasteiger charge is 2.25. The van der Waals surface area contributed by atoms with Crippen molar-refractivity contribution < 1.29 is 17.6 Å². The molecule has 2 aromatic rings. The van der Waals surface area contributed by atoms with Gasteiger partial charge in [-0.15, -0.1) is 0 Å². The standard InChI is InChI=1S/C21H28FN5O3S/c1-3-31(29,30)27-8-6-26(7-9-27)15-18-10-17(11-19(22)12-18)13-24-21(28)25-20-5-4-16(2)23-14-20/h4-5,10-12,14H,3,6-9,13,15H2,1-2H3,(H2,24,25,28). The number of nitrogens with zero attached hydrogens (tertiary/aromatic N) is 3. The number of aromatic nitrogens is 1. The Bertz CT molecular complexity index is 1010. The zero-order valence-corrected chi connectivity index (χ0v) is 18.6. The van der Waals surface area contributed by atoms with Gasteiger partial charge in [-0.25, -0.2) is 17.6 Å². The molecule has 2 N–H and O–H groups in total. The Hall–Kier alpha value is -2.56. The van der Waals surface area contributed by atoms with Gasteiger partial charge in [0, 0.05) is 45.0 Å². The Morgan fingerprint density at radius 3 is 2.48 bits per heavy atom. The number of aryl methyl sites for hydroxylation is 1. The average molecular weight is 450 g/mol. The van der Waals surface area contributed by atoms with Gasteiger partial charge < -0.3 is 10.6 Å². The first-order valence-electron chi connectivity index (χ1n) is 10.2. The minimum absolute atomic E-state index is 0.0985. The summed E-state index contributed by atoms with van der Waals surface area (Å²) >= 11 is 0. The van der Waals surface area contributed by atoms with E-state index in [-0.39, 0.29) is 18.1 Å². The number of amides is 2. The largest absolute Gasteiger partial charge is 0.334 e. The molecule has 31 heavy (non-hydrogen) atoms. The van der Waals surface area contributed by atoms with Gasteiger partial charge in [0.05, 0.1) is 17.6 Å². The number of urea groups is 1. The molecule has 1 fully saturated rings. The maximum atomic E-state index is 14.1. The smallest absolute Gasteiger partial charge is 0.319 e. The van der Waals surface area contributed by atoms with Crippen molar-refractivity contribution in [3.8, 4) is 0 Å². The summed E-state index contributed by atoms with van der Waals surface area (Å²) in [6, 6.07) is 7.87. The van der Waals surface area contributed by atoms with Crippen molar-refractivity contribution in [3.63, 3.8) is 0 Å². The summed E-state index contributed by atoms with van der Waals surface area (Å²) in [6.45, 7) is 6.26. The molecule has 0 saturated carbocycles. The molecule has 0 atom stereocenters. The summed E-state index contributed by atoms with van der Waals surface area (Å²) in [5.41, 5.74) is 2.87. The van der Waals surface area contributed by atoms with Crippen LogP contribution in [0.1, 0.15) is 23.7 Å². The monoisotopic (exact) mass is 449 g/mol. The van der Waals surface area contributed by atoms with Crippen molar-refractivity contribution >= 4 is 21.7 Å². The number of piperazine rings is 1. The third-order valence-corrected chi connectivity index (χ3v) is 7.02. The van der Waals surface area contributed by atoms with Crippen LogP contribution in [0.2, 0.25) is 0 Å². The molecule has 1 saturated heterocycles. The minimum Gasteiger partial charge on any atom is -0.334 e. The van der Waals surface area contributed by atoms with Crippen LogP contribution in [-0.4, -0.2) is 60.6 Å². The Labute approximate surface area is 182 Å². The van der Waals surface area contributed by atoms with E-state index in [1.807, 2.05) is 13.0 Å². The van der Waals surface area contributed by atoms with Crippen LogP contribution in [0.15, 0.2) is 36.5 Å². The molecule has 1 aliphatic heterocycles. The minimum atomic E-state index is -3.17. The van der Waals surface area contributed by atoms with Gasteiger partial charge in [0.25, 0.3) is 0 Å². The maximum Gasteiger partial charge on any atom is 0.319 e. The number of anilines is 1. The summed E-state index contributed by atoms with van der Waals surface area (Å²) < 4.78 is 39.6. The molecule has 0 bridgehead atoms. The van der Waals surface area contributed by atoms with E-state index < -0.39 is 16.1 Å². The van der Waals surface area contributed by atoms with Crippen molar-refractivity contribution in [2.24, 2.45) is 0 Å². The number of rotatable bonds is 7. The van der Waals surface area contributed by atoms with E-state index in [9.17, 15) is 17.6 Å². The second-order valence-electron chi connectivity index (χ2n) is 7.54. The zero-order chi connectivity index (χ0) is 22.4. The third kappa shape index (κ3) is 6.71. The Morgan fingerprint density at radius 1 is 1.13 bits per heavy atom. The lowest BCUT2D eigenvalue weighted by atomic mass is 10.1. The lowest BCUT2D eigenvalue weighted by molar-refractivity contribution is 0.181. The molecule has 1 aromatic carbocycles. The normalized spacial score (nSPS) is 15.6. The van der Waals surface area contributed by atoms with Crippen molar-refractivity contribution in [1.82, 2.24) is 19.5 Å². The second kappa shape index (κ2) is 10.2. The highest BCUT2D eigenvalue weighted by molar-refractivity contribution is 7.89. The lowest BCUT2D eigenvalue weighted by Gasteiger charge is -2.33. The Morgan fingerprint density at radius 2 is 1.84 bits per heavy atom. The van der Waals surface area contributed by atoms with Crippen molar-refractivity contribution in [2.45, 2.75) is 26.9 Å². The van der Waals surface area contributed by atoms with E-state index in [4.69, 9.17) is 0 Å². The molecule has 10 heteroatoms. The van der Waals surface area contributed by atoms with Gasteiger partial charge in [0.1, 0.15) is 5.82 Å². The highest BCUT2D eigenvalue weighted by atomic mass is 32.2. The molecule has 2 amide bonds. The summed E-state index contributed by atoms with van der Waals surface area (Å²) in [5.74, 6) is -0.272. The molecule has 0 aliphatic carbocycles. The second-order valence-corrected chi connectivity index (χ2v) is 9.80. The van der Waals surface area contributed by atoms with Gasteiger partial charge >= 0.3 is 6.03 Å². The number of pyridine rings is 1. The fourth-order valence-electron chi connectivity index (χ4n) is 3.42. The van der Waals surface area contributed by atoms with E-state index in [0.29, 0.717) is 44.0 Å². The molecule has 168 valence electrons. The van der Waals surface area contributed by atoms with E-state index in [0.717, 1.165) is 11.3 Å². The van der Waals surface area contributed by atoms with E-state index in [1.54, 1.807) is 25.3 Å². The number of nitrogens with one attached hydrogen (secondary N) is 2. The van der Waals surface area contributed by atoms with E-state index in [2.05, 4.69) is 20.5 Å². The average Bonchev–Trinajstić information content (AvgIpc) is 2.74. The van der Waals surface area contributed by atoms with Crippen LogP contribution in [0.5, 0.6) is 0 Å². The highest BCUT2D eigenvalue weighted by Crippen LogP contribution is 2.15. The van der Waals surface area contributed by atoms with E-state index >= 15 is 0 Å².